The molecule has 1 N–H and O–H groups in total. The third-order valence-corrected chi connectivity index (χ3v) is 4.59. The molecule has 1 saturated heterocycles. The number of benzene rings is 2. The first-order valence-electron chi connectivity index (χ1n) is 9.63. The molecule has 0 saturated carbocycles. The van der Waals surface area contributed by atoms with Crippen molar-refractivity contribution in [2.75, 3.05) is 46.6 Å². The van der Waals surface area contributed by atoms with Gasteiger partial charge in [-0.2, -0.15) is 0 Å². The first kappa shape index (κ1) is 20.6. The maximum Gasteiger partial charge on any atom is 0.123 e. The average Bonchev–Trinajstić information content (AvgIpc) is 2.73. The second kappa shape index (κ2) is 11.0. The quantitative estimate of drug-likeness (QED) is 0.675. The molecule has 0 spiro atoms. The lowest BCUT2D eigenvalue weighted by atomic mass is 10.2. The molecular formula is C22H29NO5. The molecule has 3 rings (SSSR count). The van der Waals surface area contributed by atoms with Crippen LogP contribution >= 0.6 is 0 Å². The van der Waals surface area contributed by atoms with Crippen molar-refractivity contribution in [2.24, 2.45) is 0 Å². The van der Waals surface area contributed by atoms with Crippen LogP contribution in [0.5, 0.6) is 11.5 Å². The van der Waals surface area contributed by atoms with Crippen LogP contribution < -0.4 is 9.47 Å². The Balaban J connectivity index is 1.36. The van der Waals surface area contributed by atoms with E-state index in [0.29, 0.717) is 33.0 Å². The molecule has 6 nitrogen and oxygen atoms in total. The number of ether oxygens (including phenoxy) is 4. The lowest BCUT2D eigenvalue weighted by Crippen LogP contribution is -2.48. The van der Waals surface area contributed by atoms with E-state index in [1.54, 1.807) is 7.11 Å². The summed E-state index contributed by atoms with van der Waals surface area (Å²) in [6.07, 6.45) is -0.556. The molecule has 28 heavy (non-hydrogen) atoms. The van der Waals surface area contributed by atoms with E-state index in [1.807, 2.05) is 54.6 Å². The molecule has 1 aliphatic heterocycles. The molecule has 1 fully saturated rings. The number of hydrogen-bond donors (Lipinski definition) is 1. The Kier molecular flexibility index (Phi) is 8.11. The highest BCUT2D eigenvalue weighted by atomic mass is 16.5. The Hall–Kier alpha value is -2.12. The largest absolute Gasteiger partial charge is 0.497 e. The highest BCUT2D eigenvalue weighted by molar-refractivity contribution is 5.32. The zero-order chi connectivity index (χ0) is 19.6. The predicted molar refractivity (Wildman–Crippen MR) is 107 cm³/mol. The Bertz CT molecular complexity index is 696. The van der Waals surface area contributed by atoms with Crippen LogP contribution in [0, 0.1) is 0 Å². The van der Waals surface area contributed by atoms with Crippen molar-refractivity contribution in [3.05, 3.63) is 60.2 Å². The average molecular weight is 387 g/mol. The maximum absolute atomic E-state index is 10.3. The lowest BCUT2D eigenvalue weighted by Gasteiger charge is -2.33. The Morgan fingerprint density at radius 3 is 2.79 bits per heavy atom. The minimum absolute atomic E-state index is 0.0302. The molecule has 2 unspecified atom stereocenters. The van der Waals surface area contributed by atoms with Crippen LogP contribution in [-0.4, -0.2) is 68.8 Å². The van der Waals surface area contributed by atoms with Crippen molar-refractivity contribution in [1.29, 1.82) is 0 Å². The standard InChI is InChI=1S/C22H29NO5/c1-25-20-8-5-9-21(12-20)28-17-22-14-23(10-11-27-22)13-19(24)16-26-15-18-6-3-2-4-7-18/h2-9,12,19,22,24H,10-11,13-17H2,1H3. The Labute approximate surface area is 166 Å². The zero-order valence-corrected chi connectivity index (χ0v) is 16.3. The van der Waals surface area contributed by atoms with Crippen LogP contribution in [0.2, 0.25) is 0 Å². The fourth-order valence-electron chi connectivity index (χ4n) is 3.17. The number of morpholine rings is 1. The van der Waals surface area contributed by atoms with Crippen LogP contribution in [0.3, 0.4) is 0 Å². The van der Waals surface area contributed by atoms with Gasteiger partial charge in [0.05, 0.1) is 33.0 Å². The van der Waals surface area contributed by atoms with Gasteiger partial charge in [0, 0.05) is 25.7 Å². The number of methoxy groups -OCH3 is 1. The van der Waals surface area contributed by atoms with Crippen LogP contribution in [0.15, 0.2) is 54.6 Å². The predicted octanol–water partition coefficient (Wildman–Crippen LogP) is 2.35. The van der Waals surface area contributed by atoms with Crippen LogP contribution in [0.1, 0.15) is 5.56 Å². The van der Waals surface area contributed by atoms with Crippen molar-refractivity contribution in [1.82, 2.24) is 4.90 Å². The molecule has 0 aromatic heterocycles. The van der Waals surface area contributed by atoms with E-state index in [-0.39, 0.29) is 6.10 Å². The fourth-order valence-corrected chi connectivity index (χ4v) is 3.17. The van der Waals surface area contributed by atoms with E-state index in [4.69, 9.17) is 18.9 Å². The Morgan fingerprint density at radius 1 is 1.14 bits per heavy atom. The monoisotopic (exact) mass is 387 g/mol. The number of rotatable bonds is 10. The van der Waals surface area contributed by atoms with Crippen molar-refractivity contribution < 1.29 is 24.1 Å². The summed E-state index contributed by atoms with van der Waals surface area (Å²) < 4.78 is 22.5. The molecule has 2 aromatic carbocycles. The van der Waals surface area contributed by atoms with Gasteiger partial charge in [-0.1, -0.05) is 36.4 Å². The number of hydrogen-bond acceptors (Lipinski definition) is 6. The number of aliphatic hydroxyl groups excluding tert-OH is 1. The van der Waals surface area contributed by atoms with Crippen molar-refractivity contribution in [3.8, 4) is 11.5 Å². The normalized spacial score (nSPS) is 18.6. The molecule has 6 heteroatoms. The second-order valence-electron chi connectivity index (χ2n) is 6.90. The van der Waals surface area contributed by atoms with Gasteiger partial charge in [0.2, 0.25) is 0 Å². The summed E-state index contributed by atoms with van der Waals surface area (Å²) in [6, 6.07) is 17.5. The molecule has 0 radical (unpaired) electrons. The van der Waals surface area contributed by atoms with Gasteiger partial charge in [0.15, 0.2) is 0 Å². The molecule has 0 bridgehead atoms. The van der Waals surface area contributed by atoms with Crippen molar-refractivity contribution in [3.63, 3.8) is 0 Å². The molecule has 1 heterocycles. The summed E-state index contributed by atoms with van der Waals surface area (Å²) in [4.78, 5) is 2.19. The second-order valence-corrected chi connectivity index (χ2v) is 6.90. The topological polar surface area (TPSA) is 60.4 Å². The summed E-state index contributed by atoms with van der Waals surface area (Å²) in [6.45, 7) is 4.00. The first-order chi connectivity index (χ1) is 13.7. The van der Waals surface area contributed by atoms with Crippen molar-refractivity contribution >= 4 is 0 Å². The Morgan fingerprint density at radius 2 is 1.96 bits per heavy atom. The minimum atomic E-state index is -0.526. The highest BCUT2D eigenvalue weighted by Crippen LogP contribution is 2.19. The maximum atomic E-state index is 10.3. The molecule has 0 amide bonds. The molecule has 152 valence electrons. The van der Waals surface area contributed by atoms with Gasteiger partial charge >= 0.3 is 0 Å². The van der Waals surface area contributed by atoms with E-state index in [1.165, 1.54) is 0 Å². The van der Waals surface area contributed by atoms with Gasteiger partial charge in [0.1, 0.15) is 24.2 Å². The fraction of sp³-hybridized carbons (Fsp3) is 0.455. The summed E-state index contributed by atoms with van der Waals surface area (Å²) in [5, 5.41) is 10.3. The number of aliphatic hydroxyl groups is 1. The smallest absolute Gasteiger partial charge is 0.123 e. The molecule has 0 aliphatic carbocycles. The summed E-state index contributed by atoms with van der Waals surface area (Å²) >= 11 is 0. The van der Waals surface area contributed by atoms with E-state index < -0.39 is 6.10 Å². The van der Waals surface area contributed by atoms with E-state index >= 15 is 0 Å². The van der Waals surface area contributed by atoms with Crippen LogP contribution in [0.4, 0.5) is 0 Å². The first-order valence-corrected chi connectivity index (χ1v) is 9.63. The van der Waals surface area contributed by atoms with Gasteiger partial charge < -0.3 is 24.1 Å². The highest BCUT2D eigenvalue weighted by Gasteiger charge is 2.23. The van der Waals surface area contributed by atoms with Gasteiger partial charge in [-0.15, -0.1) is 0 Å². The van der Waals surface area contributed by atoms with Gasteiger partial charge in [-0.25, -0.2) is 0 Å². The third kappa shape index (κ3) is 6.80. The SMILES string of the molecule is COc1cccc(OCC2CN(CC(O)COCc3ccccc3)CCO2)c1. The van der Waals surface area contributed by atoms with Crippen molar-refractivity contribution in [2.45, 2.75) is 18.8 Å². The molecule has 2 atom stereocenters. The lowest BCUT2D eigenvalue weighted by molar-refractivity contribution is -0.0654. The molecular weight excluding hydrogens is 358 g/mol. The number of β-amino-alcohol motifs (C(OH)–C–C–N with tert-alkyl or cyclic N) is 1. The zero-order valence-electron chi connectivity index (χ0n) is 16.3. The third-order valence-electron chi connectivity index (χ3n) is 4.59. The van der Waals surface area contributed by atoms with E-state index in [9.17, 15) is 5.11 Å². The summed E-state index contributed by atoms with van der Waals surface area (Å²) in [7, 11) is 1.64. The number of nitrogens with zero attached hydrogens (tertiary/aromatic N) is 1. The van der Waals surface area contributed by atoms with Crippen LogP contribution in [0.25, 0.3) is 0 Å². The minimum Gasteiger partial charge on any atom is -0.497 e. The van der Waals surface area contributed by atoms with Gasteiger partial charge in [-0.05, 0) is 17.7 Å². The molecule has 1 aliphatic rings. The summed E-state index contributed by atoms with van der Waals surface area (Å²) in [5.41, 5.74) is 1.11. The van der Waals surface area contributed by atoms with E-state index in [2.05, 4.69) is 4.90 Å². The van der Waals surface area contributed by atoms with Crippen LogP contribution in [-0.2, 0) is 16.1 Å². The molecule has 2 aromatic rings. The van der Waals surface area contributed by atoms with Gasteiger partial charge in [0.25, 0.3) is 0 Å². The summed E-state index contributed by atoms with van der Waals surface area (Å²) in [5.74, 6) is 1.52. The van der Waals surface area contributed by atoms with Gasteiger partial charge in [-0.3, -0.25) is 4.90 Å². The van der Waals surface area contributed by atoms with E-state index in [0.717, 1.165) is 30.2 Å².